The van der Waals surface area contributed by atoms with Gasteiger partial charge >= 0.3 is 0 Å². The van der Waals surface area contributed by atoms with E-state index in [0.717, 1.165) is 12.1 Å². The fourth-order valence-electron chi connectivity index (χ4n) is 1.61. The molecule has 0 aliphatic carbocycles. The van der Waals surface area contributed by atoms with E-state index < -0.39 is 0 Å². The van der Waals surface area contributed by atoms with Gasteiger partial charge in [-0.1, -0.05) is 26.8 Å². The Labute approximate surface area is 84.6 Å². The smallest absolute Gasteiger partial charge is 0.136 e. The second-order valence-electron chi connectivity index (χ2n) is 4.31. The molecule has 0 unspecified atom stereocenters. The molecule has 0 spiro atoms. The number of fused-ring (bicyclic) bond motifs is 1. The third-order valence-corrected chi connectivity index (χ3v) is 2.99. The van der Waals surface area contributed by atoms with Crippen LogP contribution in [0.15, 0.2) is 30.6 Å². The minimum Gasteiger partial charge on any atom is -0.304 e. The first-order chi connectivity index (χ1) is 6.65. The van der Waals surface area contributed by atoms with Crippen LogP contribution >= 0.6 is 0 Å². The van der Waals surface area contributed by atoms with Gasteiger partial charge in [0.2, 0.25) is 0 Å². The molecule has 0 saturated heterocycles. The maximum absolute atomic E-state index is 4.40. The molecule has 2 heteroatoms. The van der Waals surface area contributed by atoms with E-state index in [0.29, 0.717) is 0 Å². The molecule has 0 fully saturated rings. The molecule has 0 N–H and O–H groups in total. The van der Waals surface area contributed by atoms with Gasteiger partial charge in [0.1, 0.15) is 5.65 Å². The van der Waals surface area contributed by atoms with Gasteiger partial charge in [0.15, 0.2) is 0 Å². The van der Waals surface area contributed by atoms with Crippen molar-refractivity contribution in [3.8, 4) is 0 Å². The van der Waals surface area contributed by atoms with E-state index in [-0.39, 0.29) is 5.41 Å². The SMILES string of the molecule is CCC(C)(C)c1cnc2ccccn12. The number of pyridine rings is 1. The maximum Gasteiger partial charge on any atom is 0.136 e. The van der Waals surface area contributed by atoms with Crippen LogP contribution in [0.5, 0.6) is 0 Å². The Kier molecular flexibility index (Phi) is 2.06. The van der Waals surface area contributed by atoms with Crippen molar-refractivity contribution in [3.05, 3.63) is 36.3 Å². The highest BCUT2D eigenvalue weighted by Gasteiger charge is 2.21. The van der Waals surface area contributed by atoms with Crippen LogP contribution in [0, 0.1) is 0 Å². The van der Waals surface area contributed by atoms with Crippen LogP contribution in [0.25, 0.3) is 5.65 Å². The highest BCUT2D eigenvalue weighted by Crippen LogP contribution is 2.26. The molecule has 2 nitrogen and oxygen atoms in total. The first-order valence-corrected chi connectivity index (χ1v) is 5.08. The Hall–Kier alpha value is -1.31. The summed E-state index contributed by atoms with van der Waals surface area (Å²) in [4.78, 5) is 4.40. The van der Waals surface area contributed by atoms with Crippen molar-refractivity contribution < 1.29 is 0 Å². The lowest BCUT2D eigenvalue weighted by Gasteiger charge is -2.21. The summed E-state index contributed by atoms with van der Waals surface area (Å²) in [7, 11) is 0. The number of hydrogen-bond donors (Lipinski definition) is 0. The third kappa shape index (κ3) is 1.31. The van der Waals surface area contributed by atoms with Gasteiger partial charge in [0.25, 0.3) is 0 Å². The summed E-state index contributed by atoms with van der Waals surface area (Å²) in [6.07, 6.45) is 5.18. The molecule has 2 aromatic heterocycles. The van der Waals surface area contributed by atoms with E-state index in [1.54, 1.807) is 0 Å². The minimum absolute atomic E-state index is 0.195. The number of imidazole rings is 1. The quantitative estimate of drug-likeness (QED) is 0.708. The first kappa shape index (κ1) is 9.25. The molecule has 0 bridgehead atoms. The lowest BCUT2D eigenvalue weighted by Crippen LogP contribution is -2.17. The molecule has 0 amide bonds. The molecule has 0 aliphatic rings. The molecular formula is C12H16N2. The zero-order valence-electron chi connectivity index (χ0n) is 8.99. The average Bonchev–Trinajstić information content (AvgIpc) is 2.61. The Balaban J connectivity index is 2.64. The van der Waals surface area contributed by atoms with Crippen LogP contribution in [0.3, 0.4) is 0 Å². The van der Waals surface area contributed by atoms with Crippen LogP contribution in [-0.2, 0) is 5.41 Å². The normalized spacial score (nSPS) is 12.2. The first-order valence-electron chi connectivity index (χ1n) is 5.08. The van der Waals surface area contributed by atoms with E-state index >= 15 is 0 Å². The van der Waals surface area contributed by atoms with Gasteiger partial charge in [0, 0.05) is 23.5 Å². The standard InChI is InChI=1S/C12H16N2/c1-4-12(2,3)10-9-13-11-7-5-6-8-14(10)11/h5-9H,4H2,1-3H3. The zero-order chi connectivity index (χ0) is 10.2. The van der Waals surface area contributed by atoms with Crippen LogP contribution in [-0.4, -0.2) is 9.38 Å². The van der Waals surface area contributed by atoms with Crippen LogP contribution in [0.1, 0.15) is 32.9 Å². The van der Waals surface area contributed by atoms with Gasteiger partial charge in [-0.2, -0.15) is 0 Å². The predicted octanol–water partition coefficient (Wildman–Crippen LogP) is 3.02. The van der Waals surface area contributed by atoms with Crippen molar-refractivity contribution in [1.82, 2.24) is 9.38 Å². The Bertz CT molecular complexity index is 440. The van der Waals surface area contributed by atoms with Gasteiger partial charge in [-0.05, 0) is 18.6 Å². The summed E-state index contributed by atoms with van der Waals surface area (Å²) in [5, 5.41) is 0. The second kappa shape index (κ2) is 3.12. The van der Waals surface area contributed by atoms with E-state index in [2.05, 4.69) is 36.4 Å². The van der Waals surface area contributed by atoms with E-state index in [1.807, 2.05) is 24.4 Å². The van der Waals surface area contributed by atoms with Crippen molar-refractivity contribution in [2.75, 3.05) is 0 Å². The van der Waals surface area contributed by atoms with Crippen molar-refractivity contribution in [3.63, 3.8) is 0 Å². The highest BCUT2D eigenvalue weighted by molar-refractivity contribution is 5.41. The summed E-state index contributed by atoms with van der Waals surface area (Å²) < 4.78 is 2.17. The molecule has 0 saturated carbocycles. The number of nitrogens with zero attached hydrogens (tertiary/aromatic N) is 2. The lowest BCUT2D eigenvalue weighted by atomic mass is 9.87. The fraction of sp³-hybridized carbons (Fsp3) is 0.417. The Morgan fingerprint density at radius 2 is 2.14 bits per heavy atom. The number of aromatic nitrogens is 2. The summed E-state index contributed by atoms with van der Waals surface area (Å²) in [6, 6.07) is 6.10. The summed E-state index contributed by atoms with van der Waals surface area (Å²) in [6.45, 7) is 6.72. The predicted molar refractivity (Wildman–Crippen MR) is 58.5 cm³/mol. The molecule has 2 heterocycles. The lowest BCUT2D eigenvalue weighted by molar-refractivity contribution is 0.486. The average molecular weight is 188 g/mol. The van der Waals surface area contributed by atoms with Crippen molar-refractivity contribution in [2.24, 2.45) is 0 Å². The molecule has 0 atom stereocenters. The van der Waals surface area contributed by atoms with Crippen molar-refractivity contribution in [2.45, 2.75) is 32.6 Å². The van der Waals surface area contributed by atoms with Crippen LogP contribution in [0.2, 0.25) is 0 Å². The minimum atomic E-state index is 0.195. The molecule has 0 aliphatic heterocycles. The fourth-order valence-corrected chi connectivity index (χ4v) is 1.61. The maximum atomic E-state index is 4.40. The van der Waals surface area contributed by atoms with Gasteiger partial charge in [-0.15, -0.1) is 0 Å². The molecule has 2 aromatic rings. The van der Waals surface area contributed by atoms with Gasteiger partial charge < -0.3 is 4.40 Å². The number of hydrogen-bond acceptors (Lipinski definition) is 1. The zero-order valence-corrected chi connectivity index (χ0v) is 8.99. The summed E-state index contributed by atoms with van der Waals surface area (Å²) >= 11 is 0. The van der Waals surface area contributed by atoms with Crippen LogP contribution < -0.4 is 0 Å². The summed E-state index contributed by atoms with van der Waals surface area (Å²) in [5.74, 6) is 0. The molecule has 74 valence electrons. The van der Waals surface area contributed by atoms with Crippen molar-refractivity contribution in [1.29, 1.82) is 0 Å². The monoisotopic (exact) mass is 188 g/mol. The molecule has 2 rings (SSSR count). The van der Waals surface area contributed by atoms with Gasteiger partial charge in [-0.3, -0.25) is 0 Å². The van der Waals surface area contributed by atoms with E-state index in [9.17, 15) is 0 Å². The van der Waals surface area contributed by atoms with Gasteiger partial charge in [-0.25, -0.2) is 4.98 Å². The Morgan fingerprint density at radius 3 is 2.86 bits per heavy atom. The largest absolute Gasteiger partial charge is 0.304 e. The third-order valence-electron chi connectivity index (χ3n) is 2.99. The molecular weight excluding hydrogens is 172 g/mol. The van der Waals surface area contributed by atoms with E-state index in [1.165, 1.54) is 5.69 Å². The van der Waals surface area contributed by atoms with Crippen LogP contribution in [0.4, 0.5) is 0 Å². The second-order valence-corrected chi connectivity index (χ2v) is 4.31. The van der Waals surface area contributed by atoms with Gasteiger partial charge in [0.05, 0.1) is 0 Å². The molecule has 0 aromatic carbocycles. The number of rotatable bonds is 2. The van der Waals surface area contributed by atoms with E-state index in [4.69, 9.17) is 0 Å². The molecule has 0 radical (unpaired) electrons. The molecule has 14 heavy (non-hydrogen) atoms. The Morgan fingerprint density at radius 1 is 1.36 bits per heavy atom. The van der Waals surface area contributed by atoms with Crippen molar-refractivity contribution >= 4 is 5.65 Å². The topological polar surface area (TPSA) is 17.3 Å². The summed E-state index contributed by atoms with van der Waals surface area (Å²) in [5.41, 5.74) is 2.51. The highest BCUT2D eigenvalue weighted by atomic mass is 15.0.